The molecule has 0 amide bonds. The van der Waals surface area contributed by atoms with Gasteiger partial charge >= 0.3 is 0 Å². The van der Waals surface area contributed by atoms with E-state index in [9.17, 15) is 0 Å². The minimum Gasteiger partial charge on any atom is -0.0578 e. The van der Waals surface area contributed by atoms with Crippen LogP contribution in [-0.2, 0) is 16.2 Å². The summed E-state index contributed by atoms with van der Waals surface area (Å²) < 4.78 is 0. The van der Waals surface area contributed by atoms with Gasteiger partial charge < -0.3 is 0 Å². The molecule has 0 saturated carbocycles. The van der Waals surface area contributed by atoms with Crippen LogP contribution in [0.25, 0.3) is 97.0 Å². The van der Waals surface area contributed by atoms with Crippen LogP contribution in [0.1, 0.15) is 79.0 Å². The molecule has 46 heavy (non-hydrogen) atoms. The quantitative estimate of drug-likeness (QED) is 0.154. The van der Waals surface area contributed by atoms with Crippen LogP contribution in [0.15, 0.2) is 78.9 Å². The van der Waals surface area contributed by atoms with Crippen LogP contribution in [0.4, 0.5) is 0 Å². The number of hydrogen-bond acceptors (Lipinski definition) is 0. The Morgan fingerprint density at radius 1 is 0.261 bits per heavy atom. The largest absolute Gasteiger partial charge is 0.0578 e. The highest BCUT2D eigenvalue weighted by atomic mass is 14.3. The SMILES string of the molecule is CC(C)(C)c1ccc2c(c1)c1ccc3ccc4c5c6ccc(C(C)(C)C)cc6c5c5c6cc(C(C)(C)C)ccc6c6c2c1c3c4c56. The molecular formula is C46H40. The van der Waals surface area contributed by atoms with Crippen LogP contribution in [0.3, 0.4) is 0 Å². The highest BCUT2D eigenvalue weighted by Crippen LogP contribution is 2.58. The van der Waals surface area contributed by atoms with Gasteiger partial charge in [-0.05, 0) is 148 Å². The maximum Gasteiger partial charge on any atom is -0.0000701 e. The summed E-state index contributed by atoms with van der Waals surface area (Å²) >= 11 is 0. The highest BCUT2D eigenvalue weighted by Gasteiger charge is 2.30. The lowest BCUT2D eigenvalue weighted by molar-refractivity contribution is 0.591. The van der Waals surface area contributed by atoms with Gasteiger partial charge in [-0.25, -0.2) is 0 Å². The zero-order valence-corrected chi connectivity index (χ0v) is 28.5. The second-order valence-corrected chi connectivity index (χ2v) is 17.4. The molecule has 0 aromatic heterocycles. The second kappa shape index (κ2) is 7.92. The molecule has 0 N–H and O–H groups in total. The first-order chi connectivity index (χ1) is 21.7. The van der Waals surface area contributed by atoms with Gasteiger partial charge in [-0.1, -0.05) is 123 Å². The molecule has 10 aromatic rings. The molecule has 0 bridgehead atoms. The number of fused-ring (bicyclic) bond motifs is 13. The Morgan fingerprint density at radius 2 is 0.587 bits per heavy atom. The molecular weight excluding hydrogens is 553 g/mol. The minimum atomic E-state index is 0.0687. The van der Waals surface area contributed by atoms with Crippen molar-refractivity contribution in [2.75, 3.05) is 0 Å². The van der Waals surface area contributed by atoms with Crippen LogP contribution in [0.5, 0.6) is 0 Å². The zero-order chi connectivity index (χ0) is 31.8. The third kappa shape index (κ3) is 3.07. The summed E-state index contributed by atoms with van der Waals surface area (Å²) in [5.41, 5.74) is 4.46. The fourth-order valence-corrected chi connectivity index (χ4v) is 9.00. The minimum absolute atomic E-state index is 0.0687. The van der Waals surface area contributed by atoms with Crippen molar-refractivity contribution >= 4 is 97.0 Å². The molecule has 224 valence electrons. The molecule has 0 aliphatic rings. The monoisotopic (exact) mass is 592 g/mol. The van der Waals surface area contributed by atoms with Gasteiger partial charge in [0.1, 0.15) is 0 Å². The number of rotatable bonds is 0. The van der Waals surface area contributed by atoms with Crippen molar-refractivity contribution in [1.82, 2.24) is 0 Å². The molecule has 0 heterocycles. The summed E-state index contributed by atoms with van der Waals surface area (Å²) in [4.78, 5) is 0. The molecule has 0 saturated heterocycles. The smallest absolute Gasteiger partial charge is 0.0000701 e. The van der Waals surface area contributed by atoms with Crippen LogP contribution in [-0.4, -0.2) is 0 Å². The van der Waals surface area contributed by atoms with E-state index in [2.05, 4.69) is 141 Å². The Labute approximate surface area is 270 Å². The van der Waals surface area contributed by atoms with Crippen LogP contribution < -0.4 is 0 Å². The molecule has 0 heteroatoms. The van der Waals surface area contributed by atoms with Crippen molar-refractivity contribution in [3.63, 3.8) is 0 Å². The standard InChI is InChI=1S/C46H40/c1-44(2,3)24-12-17-28-32(20-24)27-15-10-23-11-16-31-36-29-18-13-25(45(4,5)6)21-33(29)41(36)42-34-22-26(46(7,8)9)14-19-30(34)39-38(28)37(27)35(23)40(31)43(39)42/h10-22H,1-9H3. The van der Waals surface area contributed by atoms with E-state index in [0.29, 0.717) is 0 Å². The lowest BCUT2D eigenvalue weighted by Gasteiger charge is -2.24. The van der Waals surface area contributed by atoms with Gasteiger partial charge in [0.05, 0.1) is 0 Å². The third-order valence-corrected chi connectivity index (χ3v) is 11.5. The van der Waals surface area contributed by atoms with Gasteiger partial charge in [-0.15, -0.1) is 0 Å². The average Bonchev–Trinajstić information content (AvgIpc) is 3.49. The van der Waals surface area contributed by atoms with Crippen molar-refractivity contribution in [1.29, 1.82) is 0 Å². The fraction of sp³-hybridized carbons (Fsp3) is 0.261. The van der Waals surface area contributed by atoms with E-state index in [0.717, 1.165) is 0 Å². The van der Waals surface area contributed by atoms with Crippen molar-refractivity contribution < 1.29 is 0 Å². The van der Waals surface area contributed by atoms with Crippen molar-refractivity contribution in [3.05, 3.63) is 95.6 Å². The Kier molecular flexibility index (Phi) is 4.61. The number of benzene rings is 7. The summed E-state index contributed by atoms with van der Waals surface area (Å²) in [5, 5.41) is 25.7. The van der Waals surface area contributed by atoms with Gasteiger partial charge in [0, 0.05) is 0 Å². The van der Waals surface area contributed by atoms with E-state index in [1.807, 2.05) is 0 Å². The lowest BCUT2D eigenvalue weighted by Crippen LogP contribution is -2.11. The van der Waals surface area contributed by atoms with Crippen molar-refractivity contribution in [3.8, 4) is 0 Å². The maximum atomic E-state index is 2.54. The molecule has 10 aromatic carbocycles. The molecule has 0 aliphatic heterocycles. The van der Waals surface area contributed by atoms with E-state index in [1.54, 1.807) is 0 Å². The first-order valence-electron chi connectivity index (χ1n) is 17.0. The van der Waals surface area contributed by atoms with E-state index >= 15 is 0 Å². The molecule has 0 radical (unpaired) electrons. The Morgan fingerprint density at radius 3 is 1.11 bits per heavy atom. The normalized spacial score (nSPS) is 14.2. The van der Waals surface area contributed by atoms with Crippen molar-refractivity contribution in [2.24, 2.45) is 0 Å². The average molecular weight is 593 g/mol. The summed E-state index contributed by atoms with van der Waals surface area (Å²) in [5.74, 6) is 0. The molecule has 0 fully saturated rings. The zero-order valence-electron chi connectivity index (χ0n) is 28.5. The molecule has 0 aliphatic carbocycles. The highest BCUT2D eigenvalue weighted by molar-refractivity contribution is 6.58. The van der Waals surface area contributed by atoms with Crippen LogP contribution in [0.2, 0.25) is 0 Å². The molecule has 0 nitrogen and oxygen atoms in total. The van der Waals surface area contributed by atoms with Gasteiger partial charge in [0.2, 0.25) is 0 Å². The Hall–Kier alpha value is -4.42. The van der Waals surface area contributed by atoms with Crippen LogP contribution >= 0.6 is 0 Å². The van der Waals surface area contributed by atoms with Gasteiger partial charge in [0.25, 0.3) is 0 Å². The predicted octanol–water partition coefficient (Wildman–Crippen LogP) is 13.7. The third-order valence-electron chi connectivity index (χ3n) is 11.5. The first kappa shape index (κ1) is 26.8. The van der Waals surface area contributed by atoms with Gasteiger partial charge in [-0.3, -0.25) is 0 Å². The summed E-state index contributed by atoms with van der Waals surface area (Å²) in [6.45, 7) is 21.0. The molecule has 0 unspecified atom stereocenters. The molecule has 10 rings (SSSR count). The van der Waals surface area contributed by atoms with E-state index < -0.39 is 0 Å². The van der Waals surface area contributed by atoms with E-state index in [4.69, 9.17) is 0 Å². The van der Waals surface area contributed by atoms with Crippen molar-refractivity contribution in [2.45, 2.75) is 78.6 Å². The van der Waals surface area contributed by atoms with E-state index in [-0.39, 0.29) is 16.2 Å². The van der Waals surface area contributed by atoms with Gasteiger partial charge in [-0.2, -0.15) is 0 Å². The summed E-state index contributed by atoms with van der Waals surface area (Å²) in [7, 11) is 0. The first-order valence-corrected chi connectivity index (χ1v) is 17.0. The topological polar surface area (TPSA) is 0 Å². The predicted molar refractivity (Wildman–Crippen MR) is 205 cm³/mol. The Balaban J connectivity index is 1.55. The molecule has 0 spiro atoms. The Bertz CT molecular complexity index is 2870. The number of hydrogen-bond donors (Lipinski definition) is 0. The maximum absolute atomic E-state index is 2.54. The summed E-state index contributed by atoms with van der Waals surface area (Å²) in [6.07, 6.45) is 0. The van der Waals surface area contributed by atoms with E-state index in [1.165, 1.54) is 114 Å². The second-order valence-electron chi connectivity index (χ2n) is 17.4. The van der Waals surface area contributed by atoms with Gasteiger partial charge in [0.15, 0.2) is 0 Å². The fourth-order valence-electron chi connectivity index (χ4n) is 9.00. The molecule has 0 atom stereocenters. The summed E-state index contributed by atoms with van der Waals surface area (Å²) in [6, 6.07) is 31.6. The lowest BCUT2D eigenvalue weighted by atomic mass is 9.79. The van der Waals surface area contributed by atoms with Crippen LogP contribution in [0, 0.1) is 0 Å².